The van der Waals surface area contributed by atoms with Crippen molar-refractivity contribution in [1.82, 2.24) is 9.97 Å². The molecule has 29 heavy (non-hydrogen) atoms. The highest BCUT2D eigenvalue weighted by Gasteiger charge is 2.18. The first-order valence-electron chi connectivity index (χ1n) is 9.42. The maximum atomic E-state index is 5.42. The van der Waals surface area contributed by atoms with E-state index in [0.717, 1.165) is 31.0 Å². The molecule has 150 valence electrons. The molecule has 1 N–H and O–H groups in total. The molecule has 1 aliphatic rings. The van der Waals surface area contributed by atoms with Crippen molar-refractivity contribution in [2.24, 2.45) is 0 Å². The molecule has 7 nitrogen and oxygen atoms in total. The first-order valence-corrected chi connectivity index (χ1v) is 9.42. The minimum Gasteiger partial charge on any atom is -0.493 e. The van der Waals surface area contributed by atoms with E-state index in [1.165, 1.54) is 11.1 Å². The summed E-state index contributed by atoms with van der Waals surface area (Å²) in [6.45, 7) is 1.77. The molecule has 0 bridgehead atoms. The number of rotatable bonds is 6. The fourth-order valence-electron chi connectivity index (χ4n) is 3.58. The summed E-state index contributed by atoms with van der Waals surface area (Å²) >= 11 is 0. The number of hydrogen-bond acceptors (Lipinski definition) is 7. The van der Waals surface area contributed by atoms with Gasteiger partial charge in [-0.05, 0) is 17.5 Å². The van der Waals surface area contributed by atoms with Crippen molar-refractivity contribution >= 4 is 17.3 Å². The van der Waals surface area contributed by atoms with E-state index in [1.807, 2.05) is 18.2 Å². The standard InChI is InChI=1S/C22H24N4O3/c1-27-18-10-17(11-19(28-2)22(18)29-3)25-20-12-21(24-14-23-20)26-9-8-15-6-4-5-7-16(15)13-26/h4-7,10-12,14H,8-9,13H2,1-3H3,(H,23,24,25). The average Bonchev–Trinajstić information content (AvgIpc) is 2.78. The predicted octanol–water partition coefficient (Wildman–Crippen LogP) is 3.81. The second-order valence-corrected chi connectivity index (χ2v) is 6.74. The van der Waals surface area contributed by atoms with Crippen LogP contribution in [0.3, 0.4) is 0 Å². The minimum atomic E-state index is 0.552. The molecule has 4 rings (SSSR count). The molecular weight excluding hydrogens is 368 g/mol. The van der Waals surface area contributed by atoms with E-state index >= 15 is 0 Å². The molecule has 0 unspecified atom stereocenters. The van der Waals surface area contributed by atoms with E-state index in [9.17, 15) is 0 Å². The van der Waals surface area contributed by atoms with Crippen molar-refractivity contribution in [3.8, 4) is 17.2 Å². The first-order chi connectivity index (χ1) is 14.2. The Labute approximate surface area is 170 Å². The summed E-state index contributed by atoms with van der Waals surface area (Å²) in [6, 6.07) is 14.2. The van der Waals surface area contributed by atoms with Crippen LogP contribution in [0.4, 0.5) is 17.3 Å². The molecule has 0 spiro atoms. The third-order valence-corrected chi connectivity index (χ3v) is 5.04. The van der Waals surface area contributed by atoms with Gasteiger partial charge in [0.2, 0.25) is 5.75 Å². The van der Waals surface area contributed by atoms with Crippen molar-refractivity contribution in [3.63, 3.8) is 0 Å². The second kappa shape index (κ2) is 8.26. The maximum absolute atomic E-state index is 5.42. The summed E-state index contributed by atoms with van der Waals surface area (Å²) in [5, 5.41) is 3.31. The lowest BCUT2D eigenvalue weighted by Crippen LogP contribution is -2.31. The van der Waals surface area contributed by atoms with Gasteiger partial charge in [-0.25, -0.2) is 9.97 Å². The van der Waals surface area contributed by atoms with Gasteiger partial charge in [-0.15, -0.1) is 0 Å². The summed E-state index contributed by atoms with van der Waals surface area (Å²) in [5.41, 5.74) is 3.54. The van der Waals surface area contributed by atoms with Gasteiger partial charge in [0.05, 0.1) is 21.3 Å². The van der Waals surface area contributed by atoms with E-state index in [-0.39, 0.29) is 0 Å². The van der Waals surface area contributed by atoms with Crippen LogP contribution in [0.5, 0.6) is 17.2 Å². The van der Waals surface area contributed by atoms with E-state index < -0.39 is 0 Å². The number of nitrogens with one attached hydrogen (secondary N) is 1. The van der Waals surface area contributed by atoms with Gasteiger partial charge < -0.3 is 24.4 Å². The molecule has 2 heterocycles. The van der Waals surface area contributed by atoms with Crippen LogP contribution in [0.2, 0.25) is 0 Å². The summed E-state index contributed by atoms with van der Waals surface area (Å²) in [4.78, 5) is 11.1. The highest BCUT2D eigenvalue weighted by Crippen LogP contribution is 2.40. The third kappa shape index (κ3) is 3.89. The van der Waals surface area contributed by atoms with Crippen LogP contribution < -0.4 is 24.4 Å². The smallest absolute Gasteiger partial charge is 0.203 e. The molecule has 1 aromatic heterocycles. The molecule has 3 aromatic rings. The largest absolute Gasteiger partial charge is 0.493 e. The van der Waals surface area contributed by atoms with Gasteiger partial charge in [-0.3, -0.25) is 0 Å². The first kappa shape index (κ1) is 18.9. The lowest BCUT2D eigenvalue weighted by molar-refractivity contribution is 0.324. The van der Waals surface area contributed by atoms with Gasteiger partial charge in [-0.2, -0.15) is 0 Å². The zero-order valence-corrected chi connectivity index (χ0v) is 16.8. The van der Waals surface area contributed by atoms with E-state index in [0.29, 0.717) is 23.1 Å². The van der Waals surface area contributed by atoms with Crippen LogP contribution in [0, 0.1) is 0 Å². The third-order valence-electron chi connectivity index (χ3n) is 5.04. The van der Waals surface area contributed by atoms with Crippen LogP contribution in [0.1, 0.15) is 11.1 Å². The Kier molecular flexibility index (Phi) is 5.37. The average molecular weight is 392 g/mol. The molecule has 0 saturated heterocycles. The molecule has 0 amide bonds. The highest BCUT2D eigenvalue weighted by atomic mass is 16.5. The van der Waals surface area contributed by atoms with Gasteiger partial charge >= 0.3 is 0 Å². The van der Waals surface area contributed by atoms with E-state index in [2.05, 4.69) is 44.5 Å². The minimum absolute atomic E-state index is 0.552. The van der Waals surface area contributed by atoms with Crippen LogP contribution >= 0.6 is 0 Å². The summed E-state index contributed by atoms with van der Waals surface area (Å²) in [5.74, 6) is 3.30. The quantitative estimate of drug-likeness (QED) is 0.684. The molecule has 7 heteroatoms. The molecule has 2 aromatic carbocycles. The second-order valence-electron chi connectivity index (χ2n) is 6.74. The SMILES string of the molecule is COc1cc(Nc2cc(N3CCc4ccccc4C3)ncn2)cc(OC)c1OC. The summed E-state index contributed by atoms with van der Waals surface area (Å²) < 4.78 is 16.2. The van der Waals surface area contributed by atoms with E-state index in [4.69, 9.17) is 14.2 Å². The van der Waals surface area contributed by atoms with Crippen LogP contribution in [0.25, 0.3) is 0 Å². The lowest BCUT2D eigenvalue weighted by Gasteiger charge is -2.29. The summed E-state index contributed by atoms with van der Waals surface area (Å²) in [7, 11) is 4.77. The Bertz CT molecular complexity index is 984. The zero-order chi connectivity index (χ0) is 20.2. The van der Waals surface area contributed by atoms with Crippen molar-refractivity contribution < 1.29 is 14.2 Å². The Morgan fingerprint density at radius 1 is 0.897 bits per heavy atom. The van der Waals surface area contributed by atoms with Crippen molar-refractivity contribution in [1.29, 1.82) is 0 Å². The number of nitrogens with zero attached hydrogens (tertiary/aromatic N) is 3. The Morgan fingerprint density at radius 3 is 2.31 bits per heavy atom. The molecule has 0 saturated carbocycles. The number of aromatic nitrogens is 2. The van der Waals surface area contributed by atoms with Gasteiger partial charge in [-0.1, -0.05) is 24.3 Å². The Balaban J connectivity index is 1.57. The van der Waals surface area contributed by atoms with Gasteiger partial charge in [0.15, 0.2) is 11.5 Å². The maximum Gasteiger partial charge on any atom is 0.203 e. The monoisotopic (exact) mass is 392 g/mol. The fourth-order valence-corrected chi connectivity index (χ4v) is 3.58. The number of benzene rings is 2. The zero-order valence-electron chi connectivity index (χ0n) is 16.8. The van der Waals surface area contributed by atoms with Crippen LogP contribution in [-0.2, 0) is 13.0 Å². The number of ether oxygens (including phenoxy) is 3. The Hall–Kier alpha value is -3.48. The van der Waals surface area contributed by atoms with Gasteiger partial charge in [0.1, 0.15) is 18.0 Å². The Morgan fingerprint density at radius 2 is 1.62 bits per heavy atom. The fraction of sp³-hybridized carbons (Fsp3) is 0.273. The molecule has 0 aliphatic carbocycles. The van der Waals surface area contributed by atoms with E-state index in [1.54, 1.807) is 27.7 Å². The highest BCUT2D eigenvalue weighted by molar-refractivity contribution is 5.67. The topological polar surface area (TPSA) is 68.7 Å². The number of hydrogen-bond donors (Lipinski definition) is 1. The van der Waals surface area contributed by atoms with Crippen LogP contribution in [0.15, 0.2) is 48.8 Å². The molecule has 0 fully saturated rings. The van der Waals surface area contributed by atoms with Gasteiger partial charge in [0, 0.05) is 37.0 Å². The van der Waals surface area contributed by atoms with Crippen LogP contribution in [-0.4, -0.2) is 37.8 Å². The van der Waals surface area contributed by atoms with Crippen molar-refractivity contribution in [3.05, 3.63) is 59.9 Å². The normalized spacial score (nSPS) is 12.9. The molecule has 0 atom stereocenters. The molecular formula is C22H24N4O3. The molecule has 0 radical (unpaired) electrons. The summed E-state index contributed by atoms with van der Waals surface area (Å²) in [6.07, 6.45) is 2.59. The van der Waals surface area contributed by atoms with Crippen molar-refractivity contribution in [2.75, 3.05) is 38.1 Å². The predicted molar refractivity (Wildman–Crippen MR) is 113 cm³/mol. The number of methoxy groups -OCH3 is 3. The number of fused-ring (bicyclic) bond motifs is 1. The lowest BCUT2D eigenvalue weighted by atomic mass is 10.00. The molecule has 1 aliphatic heterocycles. The number of anilines is 3. The van der Waals surface area contributed by atoms with Crippen molar-refractivity contribution in [2.45, 2.75) is 13.0 Å². The van der Waals surface area contributed by atoms with Gasteiger partial charge in [0.25, 0.3) is 0 Å².